The van der Waals surface area contributed by atoms with E-state index in [0.717, 1.165) is 42.2 Å². The standard InChI is InChI=1S/C18H23ClN2/c1-4-14-8-9-15-11-13(7-10-16(15)18(14)19)12-17(20-5-2)21-6-3/h7-11H,4-6,12H2,1-3H3,(H,20,21). The number of benzene rings is 2. The third kappa shape index (κ3) is 3.76. The van der Waals surface area contributed by atoms with Gasteiger partial charge in [0, 0.05) is 24.9 Å². The maximum atomic E-state index is 6.46. The molecule has 0 fully saturated rings. The van der Waals surface area contributed by atoms with E-state index in [1.165, 1.54) is 16.5 Å². The number of hydrogen-bond donors (Lipinski definition) is 1. The first-order valence-corrected chi connectivity index (χ1v) is 8.04. The molecular weight excluding hydrogens is 280 g/mol. The van der Waals surface area contributed by atoms with Gasteiger partial charge in [0.05, 0.1) is 5.02 Å². The normalized spacial score (nSPS) is 11.9. The highest BCUT2D eigenvalue weighted by atomic mass is 35.5. The van der Waals surface area contributed by atoms with Crippen LogP contribution < -0.4 is 5.32 Å². The van der Waals surface area contributed by atoms with Gasteiger partial charge < -0.3 is 5.32 Å². The number of fused-ring (bicyclic) bond motifs is 1. The van der Waals surface area contributed by atoms with Crippen molar-refractivity contribution >= 4 is 28.2 Å². The molecule has 0 bridgehead atoms. The van der Waals surface area contributed by atoms with Crippen molar-refractivity contribution in [2.24, 2.45) is 4.99 Å². The lowest BCUT2D eigenvalue weighted by atomic mass is 10.0. The molecule has 0 saturated heterocycles. The zero-order chi connectivity index (χ0) is 15.2. The summed E-state index contributed by atoms with van der Waals surface area (Å²) in [6.07, 6.45) is 1.80. The van der Waals surface area contributed by atoms with Crippen LogP contribution in [0.3, 0.4) is 0 Å². The first kappa shape index (κ1) is 15.8. The quantitative estimate of drug-likeness (QED) is 0.632. The maximum absolute atomic E-state index is 6.46. The topological polar surface area (TPSA) is 24.4 Å². The minimum absolute atomic E-state index is 0.807. The molecule has 0 aliphatic rings. The monoisotopic (exact) mass is 302 g/mol. The van der Waals surface area contributed by atoms with Gasteiger partial charge in [-0.05, 0) is 36.8 Å². The molecule has 0 spiro atoms. The van der Waals surface area contributed by atoms with Gasteiger partial charge in [0.25, 0.3) is 0 Å². The molecule has 0 unspecified atom stereocenters. The third-order valence-electron chi connectivity index (χ3n) is 3.58. The molecular formula is C18H23ClN2. The fourth-order valence-corrected chi connectivity index (χ4v) is 2.90. The van der Waals surface area contributed by atoms with Crippen LogP contribution in [-0.2, 0) is 12.8 Å². The number of hydrogen-bond acceptors (Lipinski definition) is 1. The number of rotatable bonds is 5. The van der Waals surface area contributed by atoms with Crippen LogP contribution in [0.15, 0.2) is 35.3 Å². The van der Waals surface area contributed by atoms with Crippen LogP contribution in [0.4, 0.5) is 0 Å². The number of amidine groups is 1. The van der Waals surface area contributed by atoms with E-state index in [0.29, 0.717) is 0 Å². The highest BCUT2D eigenvalue weighted by Crippen LogP contribution is 2.28. The second-order valence-corrected chi connectivity index (χ2v) is 5.45. The Morgan fingerprint density at radius 1 is 1.14 bits per heavy atom. The van der Waals surface area contributed by atoms with E-state index < -0.39 is 0 Å². The first-order chi connectivity index (χ1) is 10.2. The Kier molecular flexibility index (Phi) is 5.63. The van der Waals surface area contributed by atoms with E-state index in [9.17, 15) is 0 Å². The Morgan fingerprint density at radius 3 is 2.62 bits per heavy atom. The maximum Gasteiger partial charge on any atom is 0.101 e. The molecule has 0 atom stereocenters. The summed E-state index contributed by atoms with van der Waals surface area (Å²) in [5.41, 5.74) is 2.47. The minimum Gasteiger partial charge on any atom is -0.374 e. The highest BCUT2D eigenvalue weighted by molar-refractivity contribution is 6.36. The number of halogens is 1. The molecule has 0 aliphatic heterocycles. The highest BCUT2D eigenvalue weighted by Gasteiger charge is 2.06. The van der Waals surface area contributed by atoms with Gasteiger partial charge in [0.15, 0.2) is 0 Å². The molecule has 0 heterocycles. The fourth-order valence-electron chi connectivity index (χ4n) is 2.53. The smallest absolute Gasteiger partial charge is 0.101 e. The van der Waals surface area contributed by atoms with Crippen LogP contribution in [0.25, 0.3) is 10.8 Å². The summed E-state index contributed by atoms with van der Waals surface area (Å²) in [5.74, 6) is 1.05. The summed E-state index contributed by atoms with van der Waals surface area (Å²) >= 11 is 6.46. The van der Waals surface area contributed by atoms with E-state index >= 15 is 0 Å². The number of likely N-dealkylation sites (N-methyl/N-ethyl adjacent to an activating group) is 1. The molecule has 3 heteroatoms. The fraction of sp³-hybridized carbons (Fsp3) is 0.389. The van der Waals surface area contributed by atoms with E-state index in [1.54, 1.807) is 0 Å². The predicted octanol–water partition coefficient (Wildman–Crippen LogP) is 4.63. The molecule has 2 aromatic carbocycles. The van der Waals surface area contributed by atoms with Crippen LogP contribution in [0, 0.1) is 0 Å². The van der Waals surface area contributed by atoms with Gasteiger partial charge in [-0.1, -0.05) is 48.9 Å². The van der Waals surface area contributed by atoms with Crippen LogP contribution >= 0.6 is 11.6 Å². The first-order valence-electron chi connectivity index (χ1n) is 7.66. The average Bonchev–Trinajstić information content (AvgIpc) is 2.48. The van der Waals surface area contributed by atoms with Crippen molar-refractivity contribution in [2.45, 2.75) is 33.6 Å². The van der Waals surface area contributed by atoms with Gasteiger partial charge in [-0.15, -0.1) is 0 Å². The molecule has 2 aromatic rings. The Balaban J connectivity index is 2.33. The third-order valence-corrected chi connectivity index (χ3v) is 4.03. The molecule has 2 nitrogen and oxygen atoms in total. The van der Waals surface area contributed by atoms with Gasteiger partial charge in [-0.2, -0.15) is 0 Å². The van der Waals surface area contributed by atoms with Crippen molar-refractivity contribution in [2.75, 3.05) is 13.1 Å². The Hall–Kier alpha value is -1.54. The number of aliphatic imine (C=N–C) groups is 1. The summed E-state index contributed by atoms with van der Waals surface area (Å²) in [7, 11) is 0. The predicted molar refractivity (Wildman–Crippen MR) is 93.7 cm³/mol. The Bertz CT molecular complexity index is 647. The zero-order valence-corrected chi connectivity index (χ0v) is 13.8. The van der Waals surface area contributed by atoms with E-state index in [2.05, 4.69) is 61.4 Å². The van der Waals surface area contributed by atoms with Gasteiger partial charge in [-0.25, -0.2) is 0 Å². The van der Waals surface area contributed by atoms with Gasteiger partial charge in [0.2, 0.25) is 0 Å². The summed E-state index contributed by atoms with van der Waals surface area (Å²) in [6, 6.07) is 10.8. The van der Waals surface area contributed by atoms with Crippen molar-refractivity contribution in [3.63, 3.8) is 0 Å². The molecule has 1 N–H and O–H groups in total. The largest absolute Gasteiger partial charge is 0.374 e. The average molecular weight is 303 g/mol. The zero-order valence-electron chi connectivity index (χ0n) is 13.0. The van der Waals surface area contributed by atoms with Crippen molar-refractivity contribution in [1.82, 2.24) is 5.32 Å². The van der Waals surface area contributed by atoms with Crippen LogP contribution in [0.1, 0.15) is 31.9 Å². The molecule has 0 radical (unpaired) electrons. The minimum atomic E-state index is 0.807. The second kappa shape index (κ2) is 7.46. The Labute approximate surface area is 132 Å². The molecule has 0 aromatic heterocycles. The van der Waals surface area contributed by atoms with E-state index in [4.69, 9.17) is 11.6 Å². The lowest BCUT2D eigenvalue weighted by molar-refractivity contribution is 0.923. The lowest BCUT2D eigenvalue weighted by Gasteiger charge is -2.10. The second-order valence-electron chi connectivity index (χ2n) is 5.08. The lowest BCUT2D eigenvalue weighted by Crippen LogP contribution is -2.25. The molecule has 21 heavy (non-hydrogen) atoms. The van der Waals surface area contributed by atoms with Crippen molar-refractivity contribution in [1.29, 1.82) is 0 Å². The molecule has 0 saturated carbocycles. The SMILES string of the molecule is CCN=C(Cc1ccc2c(Cl)c(CC)ccc2c1)NCC. The summed E-state index contributed by atoms with van der Waals surface area (Å²) in [4.78, 5) is 4.51. The van der Waals surface area contributed by atoms with E-state index in [-0.39, 0.29) is 0 Å². The number of aryl methyl sites for hydroxylation is 1. The van der Waals surface area contributed by atoms with E-state index in [1.807, 2.05) is 0 Å². The summed E-state index contributed by atoms with van der Waals surface area (Å²) < 4.78 is 0. The number of nitrogens with zero attached hydrogens (tertiary/aromatic N) is 1. The van der Waals surface area contributed by atoms with Crippen molar-refractivity contribution in [3.8, 4) is 0 Å². The molecule has 0 amide bonds. The molecule has 0 aliphatic carbocycles. The van der Waals surface area contributed by atoms with Crippen molar-refractivity contribution in [3.05, 3.63) is 46.5 Å². The summed E-state index contributed by atoms with van der Waals surface area (Å²) in [5, 5.41) is 6.55. The van der Waals surface area contributed by atoms with Gasteiger partial charge >= 0.3 is 0 Å². The van der Waals surface area contributed by atoms with Gasteiger partial charge in [0.1, 0.15) is 5.84 Å². The van der Waals surface area contributed by atoms with Gasteiger partial charge in [-0.3, -0.25) is 4.99 Å². The molecule has 2 rings (SSSR count). The van der Waals surface area contributed by atoms with Crippen LogP contribution in [0.5, 0.6) is 0 Å². The van der Waals surface area contributed by atoms with Crippen LogP contribution in [-0.4, -0.2) is 18.9 Å². The van der Waals surface area contributed by atoms with Crippen LogP contribution in [0.2, 0.25) is 5.02 Å². The summed E-state index contributed by atoms with van der Waals surface area (Å²) in [6.45, 7) is 7.99. The number of nitrogens with one attached hydrogen (secondary N) is 1. The van der Waals surface area contributed by atoms with Crippen molar-refractivity contribution < 1.29 is 0 Å². The molecule has 112 valence electrons. The Morgan fingerprint density at radius 2 is 1.95 bits per heavy atom.